The molecule has 0 N–H and O–H groups in total. The van der Waals surface area contributed by atoms with Crippen LogP contribution in [0.3, 0.4) is 0 Å². The summed E-state index contributed by atoms with van der Waals surface area (Å²) in [5, 5.41) is 0.853. The lowest BCUT2D eigenvalue weighted by Crippen LogP contribution is -2.47. The molecule has 5 rings (SSSR count). The van der Waals surface area contributed by atoms with Gasteiger partial charge in [-0.05, 0) is 42.7 Å². The van der Waals surface area contributed by atoms with E-state index in [1.807, 2.05) is 13.0 Å². The first-order valence-electron chi connectivity index (χ1n) is 12.6. The summed E-state index contributed by atoms with van der Waals surface area (Å²) >= 11 is 0. The molecule has 0 radical (unpaired) electrons. The van der Waals surface area contributed by atoms with Crippen LogP contribution in [0.2, 0.25) is 0 Å². The van der Waals surface area contributed by atoms with Gasteiger partial charge in [-0.25, -0.2) is 9.78 Å². The van der Waals surface area contributed by atoms with E-state index in [1.165, 1.54) is 0 Å². The first-order chi connectivity index (χ1) is 17.8. The molecule has 2 aliphatic heterocycles. The molecule has 0 amide bonds. The zero-order valence-electron chi connectivity index (χ0n) is 21.3. The van der Waals surface area contributed by atoms with E-state index in [1.54, 1.807) is 43.5 Å². The highest BCUT2D eigenvalue weighted by Gasteiger charge is 2.50. The van der Waals surface area contributed by atoms with Gasteiger partial charge in [0, 0.05) is 29.4 Å². The number of nitrogens with zero attached hydrogens (tertiary/aromatic N) is 2. The maximum absolute atomic E-state index is 13.7. The van der Waals surface area contributed by atoms with Crippen LogP contribution >= 0.6 is 0 Å². The number of carbonyl (C=O) groups is 3. The molecule has 37 heavy (non-hydrogen) atoms. The number of aromatic nitrogens is 2. The van der Waals surface area contributed by atoms with Crippen LogP contribution in [0.25, 0.3) is 22.3 Å². The van der Waals surface area contributed by atoms with Crippen molar-refractivity contribution in [2.24, 2.45) is 0 Å². The number of pyridine rings is 2. The number of fused-ring (bicyclic) bond motifs is 5. The molecule has 4 heterocycles. The first-order valence-corrected chi connectivity index (χ1v) is 12.6. The van der Waals surface area contributed by atoms with Crippen LogP contribution < -0.4 is 10.3 Å². The average molecular weight is 505 g/mol. The second-order valence-electron chi connectivity index (χ2n) is 9.18. The number of cyclic esters (lactones) is 1. The number of rotatable bonds is 6. The summed E-state index contributed by atoms with van der Waals surface area (Å²) in [6.07, 6.45) is 1.15. The molecule has 0 bridgehead atoms. The van der Waals surface area contributed by atoms with Gasteiger partial charge < -0.3 is 18.8 Å². The lowest BCUT2D eigenvalue weighted by molar-refractivity contribution is -0.189. The van der Waals surface area contributed by atoms with E-state index in [-0.39, 0.29) is 37.4 Å². The summed E-state index contributed by atoms with van der Waals surface area (Å²) in [6.45, 7) is 7.25. The van der Waals surface area contributed by atoms with Crippen LogP contribution in [0.5, 0.6) is 5.75 Å². The average Bonchev–Trinajstić information content (AvgIpc) is 3.27. The molecule has 2 aliphatic rings. The Bertz CT molecular complexity index is 1540. The molecule has 1 aromatic carbocycles. The highest BCUT2D eigenvalue weighted by atomic mass is 16.6. The van der Waals surface area contributed by atoms with E-state index in [9.17, 15) is 19.2 Å². The number of benzene rings is 1. The molecule has 3 aromatic rings. The largest absolute Gasteiger partial charge is 0.457 e. The molecule has 0 unspecified atom stereocenters. The minimum Gasteiger partial charge on any atom is -0.457 e. The van der Waals surface area contributed by atoms with E-state index in [4.69, 9.17) is 19.2 Å². The van der Waals surface area contributed by atoms with Gasteiger partial charge in [0.05, 0.1) is 29.0 Å². The molecule has 192 valence electrons. The fourth-order valence-electron chi connectivity index (χ4n) is 5.24. The van der Waals surface area contributed by atoms with Gasteiger partial charge in [-0.15, -0.1) is 0 Å². The summed E-state index contributed by atoms with van der Waals surface area (Å²) in [7, 11) is 0. The third-order valence-corrected chi connectivity index (χ3v) is 7.20. The van der Waals surface area contributed by atoms with Gasteiger partial charge in [0.15, 0.2) is 0 Å². The van der Waals surface area contributed by atoms with Gasteiger partial charge in [0.1, 0.15) is 12.4 Å². The number of aryl methyl sites for hydroxylation is 1. The zero-order chi connectivity index (χ0) is 26.5. The number of hydrogen-bond donors (Lipinski definition) is 0. The van der Waals surface area contributed by atoms with Gasteiger partial charge in [0.2, 0.25) is 5.60 Å². The topological polar surface area (TPSA) is 114 Å². The van der Waals surface area contributed by atoms with E-state index in [0.29, 0.717) is 46.7 Å². The van der Waals surface area contributed by atoms with Crippen molar-refractivity contribution >= 4 is 28.8 Å². The maximum atomic E-state index is 13.7. The normalized spacial score (nSPS) is 17.6. The van der Waals surface area contributed by atoms with Crippen LogP contribution in [0.15, 0.2) is 29.1 Å². The van der Waals surface area contributed by atoms with Crippen molar-refractivity contribution in [3.8, 4) is 17.1 Å². The molecule has 0 saturated heterocycles. The predicted octanol–water partition coefficient (Wildman–Crippen LogP) is 3.92. The molecule has 0 saturated carbocycles. The van der Waals surface area contributed by atoms with Crippen LogP contribution in [-0.4, -0.2) is 27.5 Å². The maximum Gasteiger partial charge on any atom is 0.355 e. The van der Waals surface area contributed by atoms with Crippen molar-refractivity contribution in [1.29, 1.82) is 0 Å². The van der Waals surface area contributed by atoms with Crippen molar-refractivity contribution in [2.75, 3.05) is 0 Å². The molecule has 2 aromatic heterocycles. The summed E-state index contributed by atoms with van der Waals surface area (Å²) in [6, 6.07) is 7.06. The molecule has 1 atom stereocenters. The third kappa shape index (κ3) is 3.72. The molecular formula is C28H28N2O7. The Balaban J connectivity index is 1.72. The minimum absolute atomic E-state index is 0.0834. The molecular weight excluding hydrogens is 476 g/mol. The van der Waals surface area contributed by atoms with Crippen LogP contribution in [-0.2, 0) is 49.0 Å². The summed E-state index contributed by atoms with van der Waals surface area (Å²) in [5.74, 6) is -1.11. The Hall–Kier alpha value is -4.01. The van der Waals surface area contributed by atoms with E-state index in [2.05, 4.69) is 0 Å². The lowest BCUT2D eigenvalue weighted by atomic mass is 9.85. The SMILES string of the molecule is CCC(=O)Oc1ccc2nc3c(c(CC)c2c1)Cn1c-3cc2c(c1=O)COC(=O)[C@@]2(CC)OC(=O)CC. The minimum atomic E-state index is -1.68. The quantitative estimate of drug-likeness (QED) is 0.287. The van der Waals surface area contributed by atoms with Crippen molar-refractivity contribution in [1.82, 2.24) is 9.55 Å². The molecule has 9 nitrogen and oxygen atoms in total. The van der Waals surface area contributed by atoms with Crippen LogP contribution in [0, 0.1) is 0 Å². The Morgan fingerprint density at radius 3 is 2.49 bits per heavy atom. The monoisotopic (exact) mass is 504 g/mol. The second-order valence-corrected chi connectivity index (χ2v) is 9.18. The molecule has 0 fully saturated rings. The van der Waals surface area contributed by atoms with Crippen LogP contribution in [0.1, 0.15) is 69.2 Å². The van der Waals surface area contributed by atoms with Gasteiger partial charge in [-0.3, -0.25) is 14.4 Å². The van der Waals surface area contributed by atoms with E-state index in [0.717, 1.165) is 16.5 Å². The first kappa shape index (κ1) is 24.7. The summed E-state index contributed by atoms with van der Waals surface area (Å²) in [5.41, 5.74) is 2.49. The van der Waals surface area contributed by atoms with Crippen molar-refractivity contribution in [3.05, 3.63) is 56.9 Å². The Morgan fingerprint density at radius 1 is 1.05 bits per heavy atom. The van der Waals surface area contributed by atoms with Gasteiger partial charge in [-0.1, -0.05) is 27.7 Å². The lowest BCUT2D eigenvalue weighted by Gasteiger charge is -2.35. The highest BCUT2D eigenvalue weighted by molar-refractivity contribution is 5.91. The predicted molar refractivity (Wildman–Crippen MR) is 134 cm³/mol. The summed E-state index contributed by atoms with van der Waals surface area (Å²) in [4.78, 5) is 55.7. The van der Waals surface area contributed by atoms with Gasteiger partial charge >= 0.3 is 17.9 Å². The van der Waals surface area contributed by atoms with Gasteiger partial charge in [0.25, 0.3) is 5.56 Å². The second kappa shape index (κ2) is 9.14. The summed E-state index contributed by atoms with van der Waals surface area (Å²) < 4.78 is 18.1. The van der Waals surface area contributed by atoms with Crippen molar-refractivity contribution in [3.63, 3.8) is 0 Å². The molecule has 9 heteroatoms. The third-order valence-electron chi connectivity index (χ3n) is 7.20. The van der Waals surface area contributed by atoms with E-state index < -0.39 is 17.5 Å². The highest BCUT2D eigenvalue weighted by Crippen LogP contribution is 2.42. The zero-order valence-corrected chi connectivity index (χ0v) is 21.3. The van der Waals surface area contributed by atoms with Crippen LogP contribution in [0.4, 0.5) is 0 Å². The molecule has 0 aliphatic carbocycles. The van der Waals surface area contributed by atoms with Crippen molar-refractivity contribution < 1.29 is 28.6 Å². The number of esters is 3. The fourth-order valence-corrected chi connectivity index (χ4v) is 5.24. The smallest absolute Gasteiger partial charge is 0.355 e. The molecule has 0 spiro atoms. The Labute approximate surface area is 213 Å². The Morgan fingerprint density at radius 2 is 1.81 bits per heavy atom. The Kier molecular flexibility index (Phi) is 6.09. The van der Waals surface area contributed by atoms with Crippen molar-refractivity contribution in [2.45, 2.75) is 72.1 Å². The fraction of sp³-hybridized carbons (Fsp3) is 0.393. The van der Waals surface area contributed by atoms with E-state index >= 15 is 0 Å². The number of hydrogen-bond acceptors (Lipinski definition) is 8. The number of ether oxygens (including phenoxy) is 3. The van der Waals surface area contributed by atoms with Gasteiger partial charge in [-0.2, -0.15) is 0 Å². The standard InChI is InChI=1S/C28H28N2O7/c1-5-16-17-11-15(36-23(31)6-2)9-10-21(17)29-25-18(16)13-30-22(25)12-20-19(26(30)33)14-35-27(34)28(20,8-4)37-24(32)7-3/h9-12H,5-8,13-14H2,1-4H3/t28-/m0/s1. The number of carbonyl (C=O) groups excluding carboxylic acids is 3.